The summed E-state index contributed by atoms with van der Waals surface area (Å²) < 4.78 is 68.2. The Morgan fingerprint density at radius 3 is 0.739 bits per heavy atom. The van der Waals surface area contributed by atoms with Gasteiger partial charge in [-0.05, 0) is 31.6 Å². The second kappa shape index (κ2) is 66.3. The van der Waals surface area contributed by atoms with Crippen molar-refractivity contribution in [1.29, 1.82) is 0 Å². The number of ether oxygens (including phenoxy) is 4. The molecule has 546 valence electrons. The predicted octanol–water partition coefficient (Wildman–Crippen LogP) is 21.3. The van der Waals surface area contributed by atoms with Crippen LogP contribution >= 0.6 is 15.6 Å². The normalized spacial score (nSPS) is 14.0. The van der Waals surface area contributed by atoms with Crippen LogP contribution in [0.1, 0.15) is 381 Å². The third-order valence-electron chi connectivity index (χ3n) is 17.0. The number of unbranched alkanes of at least 4 members (excludes halogenated alkanes) is 45. The first-order valence-corrected chi connectivity index (χ1v) is 41.1. The minimum absolute atomic E-state index is 0.106. The molecule has 0 aromatic heterocycles. The van der Waals surface area contributed by atoms with Crippen molar-refractivity contribution in [3.63, 3.8) is 0 Å². The van der Waals surface area contributed by atoms with E-state index in [1.807, 2.05) is 0 Å². The summed E-state index contributed by atoms with van der Waals surface area (Å²) in [6.45, 7) is 7.21. The molecule has 0 bridgehead atoms. The predicted molar refractivity (Wildman–Crippen MR) is 372 cm³/mol. The summed E-state index contributed by atoms with van der Waals surface area (Å²) in [5, 5.41) is 10.6. The maximum absolute atomic E-state index is 13.1. The van der Waals surface area contributed by atoms with Crippen molar-refractivity contribution in [1.82, 2.24) is 0 Å². The average molecular weight is 1350 g/mol. The summed E-state index contributed by atoms with van der Waals surface area (Å²) in [6, 6.07) is 0. The number of rotatable bonds is 73. The van der Waals surface area contributed by atoms with Gasteiger partial charge in [-0.3, -0.25) is 37.3 Å². The van der Waals surface area contributed by atoms with Crippen LogP contribution < -0.4 is 0 Å². The fourth-order valence-corrected chi connectivity index (χ4v) is 12.8. The van der Waals surface area contributed by atoms with E-state index in [0.717, 1.165) is 102 Å². The van der Waals surface area contributed by atoms with Gasteiger partial charge in [0.25, 0.3) is 0 Å². The molecule has 5 atom stereocenters. The molecule has 0 spiro atoms. The van der Waals surface area contributed by atoms with Gasteiger partial charge in [-0.15, -0.1) is 0 Å². The summed E-state index contributed by atoms with van der Waals surface area (Å²) in [5.41, 5.74) is 0. The van der Waals surface area contributed by atoms with Gasteiger partial charge in [0.2, 0.25) is 0 Å². The van der Waals surface area contributed by atoms with E-state index in [0.29, 0.717) is 25.7 Å². The monoisotopic (exact) mass is 1350 g/mol. The Balaban J connectivity index is 5.13. The summed E-state index contributed by atoms with van der Waals surface area (Å²) in [4.78, 5) is 72.4. The van der Waals surface area contributed by atoms with Crippen LogP contribution in [0.3, 0.4) is 0 Å². The molecule has 19 heteroatoms. The Morgan fingerprint density at radius 2 is 0.500 bits per heavy atom. The van der Waals surface area contributed by atoms with Crippen LogP contribution in [0.5, 0.6) is 0 Å². The molecular formula is C73H142O17P2. The average Bonchev–Trinajstić information content (AvgIpc) is 3.73. The summed E-state index contributed by atoms with van der Waals surface area (Å²) in [7, 11) is -9.89. The molecule has 0 amide bonds. The van der Waals surface area contributed by atoms with Crippen molar-refractivity contribution < 1.29 is 80.2 Å². The van der Waals surface area contributed by atoms with Gasteiger partial charge in [-0.1, -0.05) is 330 Å². The number of carbonyl (C=O) groups is 4. The van der Waals surface area contributed by atoms with Gasteiger partial charge in [0.05, 0.1) is 26.4 Å². The zero-order valence-electron chi connectivity index (χ0n) is 59.7. The van der Waals surface area contributed by atoms with Crippen molar-refractivity contribution in [2.75, 3.05) is 39.6 Å². The van der Waals surface area contributed by atoms with Gasteiger partial charge in [-0.25, -0.2) is 9.13 Å². The van der Waals surface area contributed by atoms with Crippen LogP contribution in [0.25, 0.3) is 0 Å². The van der Waals surface area contributed by atoms with E-state index >= 15 is 0 Å². The SMILES string of the molecule is CCCCCCCCCCCCCCCCCCCC(=O)OC[C@H](COP(=O)(O)OC[C@@H](O)COP(=O)(O)OC[C@@H](COC(=O)CCCCCCC)OC(=O)CCCCCCCCCCCCC)OC(=O)CCCCCCCCCCCCCCCCCCC(C)C. The largest absolute Gasteiger partial charge is 0.472 e. The van der Waals surface area contributed by atoms with E-state index in [-0.39, 0.29) is 25.7 Å². The van der Waals surface area contributed by atoms with Crippen LogP contribution in [0.15, 0.2) is 0 Å². The van der Waals surface area contributed by atoms with Gasteiger partial charge in [0.1, 0.15) is 19.3 Å². The van der Waals surface area contributed by atoms with E-state index in [4.69, 9.17) is 37.0 Å². The highest BCUT2D eigenvalue weighted by atomic mass is 31.2. The Bertz CT molecular complexity index is 1770. The molecule has 0 saturated carbocycles. The summed E-state index contributed by atoms with van der Waals surface area (Å²) in [5.74, 6) is -1.32. The molecule has 92 heavy (non-hydrogen) atoms. The fraction of sp³-hybridized carbons (Fsp3) is 0.945. The second-order valence-electron chi connectivity index (χ2n) is 26.8. The number of aliphatic hydroxyl groups excluding tert-OH is 1. The Labute approximate surface area is 562 Å². The van der Waals surface area contributed by atoms with Crippen LogP contribution in [-0.2, 0) is 65.4 Å². The number of esters is 4. The van der Waals surface area contributed by atoms with Gasteiger partial charge in [-0.2, -0.15) is 0 Å². The Kier molecular flexibility index (Phi) is 64.9. The van der Waals surface area contributed by atoms with Gasteiger partial charge < -0.3 is 33.8 Å². The molecule has 0 aromatic carbocycles. The smallest absolute Gasteiger partial charge is 0.462 e. The molecule has 0 fully saturated rings. The molecular weight excluding hydrogens is 1210 g/mol. The lowest BCUT2D eigenvalue weighted by molar-refractivity contribution is -0.161. The van der Waals surface area contributed by atoms with Crippen molar-refractivity contribution in [3.8, 4) is 0 Å². The number of phosphoric ester groups is 2. The third-order valence-corrected chi connectivity index (χ3v) is 18.9. The number of aliphatic hydroxyl groups is 1. The Hall–Kier alpha value is -1.94. The van der Waals surface area contributed by atoms with Crippen molar-refractivity contribution in [2.45, 2.75) is 400 Å². The van der Waals surface area contributed by atoms with Crippen LogP contribution in [-0.4, -0.2) is 96.7 Å². The van der Waals surface area contributed by atoms with Gasteiger partial charge in [0.15, 0.2) is 12.2 Å². The number of carbonyl (C=O) groups excluding carboxylic acids is 4. The van der Waals surface area contributed by atoms with Crippen LogP contribution in [0, 0.1) is 5.92 Å². The molecule has 0 aromatic rings. The number of hydrogen-bond acceptors (Lipinski definition) is 15. The van der Waals surface area contributed by atoms with Crippen LogP contribution in [0.4, 0.5) is 0 Å². The first-order valence-electron chi connectivity index (χ1n) is 38.1. The van der Waals surface area contributed by atoms with E-state index in [1.54, 1.807) is 0 Å². The maximum Gasteiger partial charge on any atom is 0.472 e. The summed E-state index contributed by atoms with van der Waals surface area (Å²) in [6.07, 6.45) is 54.5. The molecule has 17 nitrogen and oxygen atoms in total. The van der Waals surface area contributed by atoms with E-state index < -0.39 is 97.5 Å². The minimum atomic E-state index is -4.95. The zero-order chi connectivity index (χ0) is 67.7. The molecule has 0 aliphatic rings. The van der Waals surface area contributed by atoms with Crippen molar-refractivity contribution >= 4 is 39.5 Å². The molecule has 0 heterocycles. The highest BCUT2D eigenvalue weighted by Crippen LogP contribution is 2.45. The third kappa shape index (κ3) is 66.7. The van der Waals surface area contributed by atoms with Gasteiger partial charge >= 0.3 is 39.5 Å². The molecule has 0 aliphatic carbocycles. The van der Waals surface area contributed by atoms with Crippen molar-refractivity contribution in [2.24, 2.45) is 5.92 Å². The molecule has 3 N–H and O–H groups in total. The molecule has 0 radical (unpaired) electrons. The van der Waals surface area contributed by atoms with E-state index in [9.17, 15) is 43.2 Å². The van der Waals surface area contributed by atoms with Crippen molar-refractivity contribution in [3.05, 3.63) is 0 Å². The molecule has 0 saturated heterocycles. The Morgan fingerprint density at radius 1 is 0.293 bits per heavy atom. The highest BCUT2D eigenvalue weighted by Gasteiger charge is 2.30. The lowest BCUT2D eigenvalue weighted by atomic mass is 10.0. The second-order valence-corrected chi connectivity index (χ2v) is 29.7. The quantitative estimate of drug-likeness (QED) is 0.0222. The topological polar surface area (TPSA) is 237 Å². The van der Waals surface area contributed by atoms with E-state index in [1.165, 1.54) is 199 Å². The number of hydrogen-bond donors (Lipinski definition) is 3. The standard InChI is InChI=1S/C73H142O17P2/c1-6-9-12-15-17-19-21-22-23-24-28-31-35-38-42-47-52-57-71(76)84-63-69(90-73(78)59-54-49-44-40-36-32-29-26-25-27-30-34-37-41-46-50-55-66(4)5)65-88-92(81,82)86-61-67(74)60-85-91(79,80)87-64-68(62-83-70(75)56-51-45-14-11-8-3)89-72(77)58-53-48-43-39-33-20-18-16-13-10-7-2/h66-69,74H,6-65H2,1-5H3,(H,79,80)(H,81,82)/t67-,68+,69+/m0/s1. The molecule has 2 unspecified atom stereocenters. The van der Waals surface area contributed by atoms with Gasteiger partial charge in [0, 0.05) is 25.7 Å². The lowest BCUT2D eigenvalue weighted by Crippen LogP contribution is -2.30. The first kappa shape index (κ1) is 90.1. The highest BCUT2D eigenvalue weighted by molar-refractivity contribution is 7.47. The fourth-order valence-electron chi connectivity index (χ4n) is 11.2. The van der Waals surface area contributed by atoms with E-state index in [2.05, 4.69) is 34.6 Å². The van der Waals surface area contributed by atoms with Crippen LogP contribution in [0.2, 0.25) is 0 Å². The minimum Gasteiger partial charge on any atom is -0.462 e. The maximum atomic E-state index is 13.1. The zero-order valence-corrected chi connectivity index (χ0v) is 61.5. The summed E-state index contributed by atoms with van der Waals surface area (Å²) >= 11 is 0. The molecule has 0 aliphatic heterocycles. The first-order chi connectivity index (χ1) is 44.5. The number of phosphoric acid groups is 2. The lowest BCUT2D eigenvalue weighted by Gasteiger charge is -2.21. The molecule has 0 rings (SSSR count).